The summed E-state index contributed by atoms with van der Waals surface area (Å²) in [5, 5.41) is 5.58. The molecule has 0 saturated heterocycles. The molecule has 0 aliphatic rings. The summed E-state index contributed by atoms with van der Waals surface area (Å²) in [5.74, 6) is 1.28. The van der Waals surface area contributed by atoms with Crippen molar-refractivity contribution < 1.29 is 23.5 Å². The molecule has 0 fully saturated rings. The van der Waals surface area contributed by atoms with Gasteiger partial charge in [-0.05, 0) is 54.4 Å². The van der Waals surface area contributed by atoms with Crippen LogP contribution in [0.15, 0.2) is 65.3 Å². The van der Waals surface area contributed by atoms with E-state index in [9.17, 15) is 9.59 Å². The number of hydrogen-bond acceptors (Lipinski definition) is 5. The van der Waals surface area contributed by atoms with Crippen LogP contribution in [0, 0.1) is 6.92 Å². The van der Waals surface area contributed by atoms with Crippen LogP contribution < -0.4 is 20.1 Å². The zero-order valence-corrected chi connectivity index (χ0v) is 16.9. The molecule has 0 bridgehead atoms. The Labute approximate surface area is 175 Å². The molecule has 0 aliphatic heterocycles. The second-order valence-corrected chi connectivity index (χ2v) is 6.68. The number of nitrogens with one attached hydrogen (secondary N) is 2. The molecule has 7 heteroatoms. The molecule has 2 amide bonds. The molecule has 1 heterocycles. The fourth-order valence-corrected chi connectivity index (χ4v) is 2.79. The van der Waals surface area contributed by atoms with Crippen LogP contribution in [0.5, 0.6) is 11.5 Å². The second kappa shape index (κ2) is 10.2. The molecule has 0 spiro atoms. The Morgan fingerprint density at radius 2 is 1.83 bits per heavy atom. The number of carbonyl (C=O) groups is 2. The predicted molar refractivity (Wildman–Crippen MR) is 111 cm³/mol. The van der Waals surface area contributed by atoms with E-state index in [1.807, 2.05) is 25.1 Å². The molecule has 30 heavy (non-hydrogen) atoms. The van der Waals surface area contributed by atoms with Crippen LogP contribution in [0.2, 0.25) is 0 Å². The van der Waals surface area contributed by atoms with Crippen molar-refractivity contribution in [1.82, 2.24) is 10.6 Å². The Balaban J connectivity index is 1.49. The fourth-order valence-electron chi connectivity index (χ4n) is 2.79. The Kier molecular flexibility index (Phi) is 7.10. The van der Waals surface area contributed by atoms with Crippen molar-refractivity contribution in [3.8, 4) is 11.5 Å². The standard InChI is InChI=1S/C23H24N2O5/c1-16-8-9-20(21(11-16)28-2)30-15-22(26)24-13-17-5-3-6-18(12-17)23(27)25-14-19-7-4-10-29-19/h3-12H,13-15H2,1-2H3,(H,24,26)(H,25,27). The van der Waals surface area contributed by atoms with Crippen molar-refractivity contribution in [1.29, 1.82) is 0 Å². The molecular formula is C23H24N2O5. The van der Waals surface area contributed by atoms with Gasteiger partial charge in [0.15, 0.2) is 18.1 Å². The lowest BCUT2D eigenvalue weighted by atomic mass is 10.1. The summed E-state index contributed by atoms with van der Waals surface area (Å²) in [6.07, 6.45) is 1.56. The molecular weight excluding hydrogens is 384 g/mol. The minimum atomic E-state index is -0.273. The van der Waals surface area contributed by atoms with Gasteiger partial charge in [0.05, 0.1) is 19.9 Å². The van der Waals surface area contributed by atoms with Crippen LogP contribution in [0.25, 0.3) is 0 Å². The van der Waals surface area contributed by atoms with E-state index in [0.717, 1.165) is 11.1 Å². The van der Waals surface area contributed by atoms with E-state index in [2.05, 4.69) is 10.6 Å². The lowest BCUT2D eigenvalue weighted by Crippen LogP contribution is -2.28. The average molecular weight is 408 g/mol. The summed E-state index contributed by atoms with van der Waals surface area (Å²) in [4.78, 5) is 24.4. The van der Waals surface area contributed by atoms with Crippen LogP contribution in [0.3, 0.4) is 0 Å². The highest BCUT2D eigenvalue weighted by molar-refractivity contribution is 5.94. The molecule has 3 rings (SSSR count). The Morgan fingerprint density at radius 3 is 2.60 bits per heavy atom. The van der Waals surface area contributed by atoms with Crippen LogP contribution >= 0.6 is 0 Å². The van der Waals surface area contributed by atoms with E-state index in [1.165, 1.54) is 0 Å². The van der Waals surface area contributed by atoms with E-state index in [4.69, 9.17) is 13.9 Å². The third kappa shape index (κ3) is 5.88. The van der Waals surface area contributed by atoms with Gasteiger partial charge in [0.25, 0.3) is 11.8 Å². The molecule has 2 N–H and O–H groups in total. The lowest BCUT2D eigenvalue weighted by molar-refractivity contribution is -0.123. The van der Waals surface area contributed by atoms with Gasteiger partial charge in [-0.25, -0.2) is 0 Å². The number of carbonyl (C=O) groups excluding carboxylic acids is 2. The summed E-state index contributed by atoms with van der Waals surface area (Å²) in [7, 11) is 1.56. The largest absolute Gasteiger partial charge is 0.493 e. The van der Waals surface area contributed by atoms with Gasteiger partial charge < -0.3 is 24.5 Å². The molecule has 0 saturated carbocycles. The lowest BCUT2D eigenvalue weighted by Gasteiger charge is -2.12. The van der Waals surface area contributed by atoms with Crippen LogP contribution in [-0.4, -0.2) is 25.5 Å². The highest BCUT2D eigenvalue weighted by Crippen LogP contribution is 2.27. The summed E-state index contributed by atoms with van der Waals surface area (Å²) < 4.78 is 16.0. The first-order chi connectivity index (χ1) is 14.5. The molecule has 3 aromatic rings. The summed E-state index contributed by atoms with van der Waals surface area (Å²) in [5.41, 5.74) is 2.35. The predicted octanol–water partition coefficient (Wildman–Crippen LogP) is 3.22. The van der Waals surface area contributed by atoms with Gasteiger partial charge in [-0.2, -0.15) is 0 Å². The van der Waals surface area contributed by atoms with Crippen molar-refractivity contribution in [2.75, 3.05) is 13.7 Å². The highest BCUT2D eigenvalue weighted by Gasteiger charge is 2.10. The molecule has 0 radical (unpaired) electrons. The summed E-state index contributed by atoms with van der Waals surface area (Å²) in [6, 6.07) is 16.1. The molecule has 0 unspecified atom stereocenters. The maximum Gasteiger partial charge on any atom is 0.258 e. The number of amides is 2. The quantitative estimate of drug-likeness (QED) is 0.567. The molecule has 1 aromatic heterocycles. The minimum Gasteiger partial charge on any atom is -0.493 e. The summed E-state index contributed by atoms with van der Waals surface area (Å²) in [6.45, 7) is 2.41. The van der Waals surface area contributed by atoms with Crippen molar-refractivity contribution in [3.63, 3.8) is 0 Å². The van der Waals surface area contributed by atoms with Crippen molar-refractivity contribution >= 4 is 11.8 Å². The van der Waals surface area contributed by atoms with Crippen LogP contribution in [0.4, 0.5) is 0 Å². The Hall–Kier alpha value is -3.74. The van der Waals surface area contributed by atoms with E-state index < -0.39 is 0 Å². The van der Waals surface area contributed by atoms with Crippen molar-refractivity contribution in [2.24, 2.45) is 0 Å². The molecule has 0 atom stereocenters. The number of furan rings is 1. The van der Waals surface area contributed by atoms with E-state index in [1.54, 1.807) is 49.8 Å². The average Bonchev–Trinajstić information content (AvgIpc) is 3.29. The number of methoxy groups -OCH3 is 1. The zero-order valence-electron chi connectivity index (χ0n) is 16.9. The Morgan fingerprint density at radius 1 is 0.967 bits per heavy atom. The van der Waals surface area contributed by atoms with Gasteiger partial charge in [0.2, 0.25) is 0 Å². The third-order valence-electron chi connectivity index (χ3n) is 4.36. The monoisotopic (exact) mass is 408 g/mol. The topological polar surface area (TPSA) is 89.8 Å². The van der Waals surface area contributed by atoms with Crippen LogP contribution in [-0.2, 0) is 17.9 Å². The first-order valence-electron chi connectivity index (χ1n) is 9.49. The number of hydrogen-bond donors (Lipinski definition) is 2. The number of aryl methyl sites for hydroxylation is 1. The molecule has 0 aliphatic carbocycles. The molecule has 156 valence electrons. The van der Waals surface area contributed by atoms with Gasteiger partial charge in [-0.15, -0.1) is 0 Å². The summed E-state index contributed by atoms with van der Waals surface area (Å²) >= 11 is 0. The van der Waals surface area contributed by atoms with E-state index in [0.29, 0.717) is 29.4 Å². The molecule has 2 aromatic carbocycles. The van der Waals surface area contributed by atoms with Crippen molar-refractivity contribution in [3.05, 3.63) is 83.3 Å². The maximum absolute atomic E-state index is 12.3. The normalized spacial score (nSPS) is 10.3. The van der Waals surface area contributed by atoms with Gasteiger partial charge in [-0.3, -0.25) is 9.59 Å². The number of benzene rings is 2. The van der Waals surface area contributed by atoms with Gasteiger partial charge in [-0.1, -0.05) is 18.2 Å². The molecule has 7 nitrogen and oxygen atoms in total. The SMILES string of the molecule is COc1cc(C)ccc1OCC(=O)NCc1cccc(C(=O)NCc2ccco2)c1. The fraction of sp³-hybridized carbons (Fsp3) is 0.217. The number of ether oxygens (including phenoxy) is 2. The van der Waals surface area contributed by atoms with E-state index in [-0.39, 0.29) is 25.0 Å². The Bertz CT molecular complexity index is 999. The number of rotatable bonds is 9. The van der Waals surface area contributed by atoms with E-state index >= 15 is 0 Å². The van der Waals surface area contributed by atoms with Gasteiger partial charge >= 0.3 is 0 Å². The third-order valence-corrected chi connectivity index (χ3v) is 4.36. The first kappa shape index (κ1) is 21.0. The smallest absolute Gasteiger partial charge is 0.258 e. The van der Waals surface area contributed by atoms with Gasteiger partial charge in [0, 0.05) is 12.1 Å². The highest BCUT2D eigenvalue weighted by atomic mass is 16.5. The zero-order chi connectivity index (χ0) is 21.3. The first-order valence-corrected chi connectivity index (χ1v) is 9.49. The van der Waals surface area contributed by atoms with Gasteiger partial charge in [0.1, 0.15) is 5.76 Å². The van der Waals surface area contributed by atoms with Crippen molar-refractivity contribution in [2.45, 2.75) is 20.0 Å². The minimum absolute atomic E-state index is 0.136. The second-order valence-electron chi connectivity index (χ2n) is 6.68. The van der Waals surface area contributed by atoms with Crippen LogP contribution in [0.1, 0.15) is 27.2 Å². The maximum atomic E-state index is 12.3.